The number of H-pyrrole nitrogens is 1. The number of pyridine rings is 1. The molecular weight excluding hydrogens is 298 g/mol. The zero-order chi connectivity index (χ0) is 16.8. The van der Waals surface area contributed by atoms with Crippen LogP contribution in [-0.4, -0.2) is 22.4 Å². The third kappa shape index (κ3) is 3.82. The van der Waals surface area contributed by atoms with Crippen LogP contribution in [0, 0.1) is 0 Å². The molecule has 0 bridgehead atoms. The highest BCUT2D eigenvalue weighted by molar-refractivity contribution is 5.85. The number of fused-ring (bicyclic) bond motifs is 1. The fourth-order valence-electron chi connectivity index (χ4n) is 3.10. The van der Waals surface area contributed by atoms with E-state index in [9.17, 15) is 4.79 Å². The summed E-state index contributed by atoms with van der Waals surface area (Å²) in [5.74, 6) is 0.350. The molecule has 0 saturated carbocycles. The first-order valence-corrected chi connectivity index (χ1v) is 8.49. The molecule has 0 aliphatic rings. The molecule has 4 nitrogen and oxygen atoms in total. The van der Waals surface area contributed by atoms with Crippen LogP contribution in [-0.2, 0) is 11.2 Å². The minimum absolute atomic E-state index is 0.112. The van der Waals surface area contributed by atoms with Gasteiger partial charge in [-0.3, -0.25) is 9.78 Å². The molecule has 0 aliphatic heterocycles. The molecule has 124 valence electrons. The molecule has 0 aliphatic carbocycles. The third-order valence-electron chi connectivity index (χ3n) is 4.47. The summed E-state index contributed by atoms with van der Waals surface area (Å²) in [5.41, 5.74) is 3.55. The highest BCUT2D eigenvalue weighted by atomic mass is 16.1. The van der Waals surface area contributed by atoms with E-state index in [1.54, 1.807) is 12.4 Å². The van der Waals surface area contributed by atoms with Crippen molar-refractivity contribution >= 4 is 16.8 Å². The van der Waals surface area contributed by atoms with Crippen LogP contribution in [0.3, 0.4) is 0 Å². The molecule has 0 radical (unpaired) electrons. The average molecular weight is 321 g/mol. The summed E-state index contributed by atoms with van der Waals surface area (Å²) in [6.45, 7) is 2.80. The van der Waals surface area contributed by atoms with Gasteiger partial charge >= 0.3 is 0 Å². The van der Waals surface area contributed by atoms with Crippen LogP contribution < -0.4 is 5.32 Å². The van der Waals surface area contributed by atoms with Crippen molar-refractivity contribution < 1.29 is 4.79 Å². The number of carbonyl (C=O) groups excluding carboxylic acids is 1. The van der Waals surface area contributed by atoms with E-state index in [-0.39, 0.29) is 11.8 Å². The van der Waals surface area contributed by atoms with Gasteiger partial charge in [-0.1, -0.05) is 25.1 Å². The number of carbonyl (C=O) groups is 1. The molecule has 0 saturated heterocycles. The number of aromatic nitrogens is 2. The van der Waals surface area contributed by atoms with Crippen molar-refractivity contribution in [1.82, 2.24) is 15.3 Å². The van der Waals surface area contributed by atoms with Crippen LogP contribution in [0.4, 0.5) is 0 Å². The molecule has 0 fully saturated rings. The predicted molar refractivity (Wildman–Crippen MR) is 96.9 cm³/mol. The van der Waals surface area contributed by atoms with Gasteiger partial charge in [-0.15, -0.1) is 0 Å². The van der Waals surface area contributed by atoms with Gasteiger partial charge in [0.05, 0.1) is 0 Å². The third-order valence-corrected chi connectivity index (χ3v) is 4.47. The highest BCUT2D eigenvalue weighted by Crippen LogP contribution is 2.30. The van der Waals surface area contributed by atoms with Gasteiger partial charge < -0.3 is 10.3 Å². The predicted octanol–water partition coefficient (Wildman–Crippen LogP) is 3.81. The van der Waals surface area contributed by atoms with Crippen LogP contribution in [0.25, 0.3) is 10.9 Å². The lowest BCUT2D eigenvalue weighted by Crippen LogP contribution is -2.27. The Labute approximate surface area is 142 Å². The summed E-state index contributed by atoms with van der Waals surface area (Å²) >= 11 is 0. The lowest BCUT2D eigenvalue weighted by atomic mass is 9.92. The van der Waals surface area contributed by atoms with Crippen LogP contribution in [0.15, 0.2) is 55.0 Å². The Morgan fingerprint density at radius 3 is 2.79 bits per heavy atom. The standard InChI is InChI=1S/C20H23N3O/c1-2-16(18-14-23-19-6-4-3-5-17(18)19)13-20(24)22-12-9-15-7-10-21-11-8-15/h3-8,10-11,14,16,23H,2,9,12-13H2,1H3,(H,22,24). The van der Waals surface area contributed by atoms with Crippen molar-refractivity contribution in [1.29, 1.82) is 0 Å². The molecule has 2 heterocycles. The summed E-state index contributed by atoms with van der Waals surface area (Å²) in [6, 6.07) is 12.2. The van der Waals surface area contributed by atoms with E-state index in [0.717, 1.165) is 18.4 Å². The Hall–Kier alpha value is -2.62. The number of aromatic amines is 1. The molecule has 2 N–H and O–H groups in total. The van der Waals surface area contributed by atoms with Crippen LogP contribution in [0.1, 0.15) is 36.8 Å². The largest absolute Gasteiger partial charge is 0.361 e. The monoisotopic (exact) mass is 321 g/mol. The van der Waals surface area contributed by atoms with Crippen LogP contribution in [0.2, 0.25) is 0 Å². The Bertz CT molecular complexity index is 795. The molecular formula is C20H23N3O. The lowest BCUT2D eigenvalue weighted by molar-refractivity contribution is -0.121. The van der Waals surface area contributed by atoms with E-state index in [2.05, 4.69) is 34.3 Å². The van der Waals surface area contributed by atoms with E-state index in [4.69, 9.17) is 0 Å². The molecule has 24 heavy (non-hydrogen) atoms. The first-order chi connectivity index (χ1) is 11.8. The maximum absolute atomic E-state index is 12.3. The van der Waals surface area contributed by atoms with Crippen molar-refractivity contribution in [3.8, 4) is 0 Å². The smallest absolute Gasteiger partial charge is 0.220 e. The number of nitrogens with zero attached hydrogens (tertiary/aromatic N) is 1. The Morgan fingerprint density at radius 2 is 2.00 bits per heavy atom. The van der Waals surface area contributed by atoms with Gasteiger partial charge in [0.1, 0.15) is 0 Å². The van der Waals surface area contributed by atoms with Gasteiger partial charge in [-0.25, -0.2) is 0 Å². The van der Waals surface area contributed by atoms with E-state index < -0.39 is 0 Å². The fourth-order valence-corrected chi connectivity index (χ4v) is 3.10. The SMILES string of the molecule is CCC(CC(=O)NCCc1ccncc1)c1c[nH]c2ccccc12. The number of benzene rings is 1. The molecule has 3 rings (SSSR count). The van der Waals surface area contributed by atoms with Crippen molar-refractivity contribution in [2.75, 3.05) is 6.54 Å². The first-order valence-electron chi connectivity index (χ1n) is 8.49. The highest BCUT2D eigenvalue weighted by Gasteiger charge is 2.17. The first kappa shape index (κ1) is 16.2. The molecule has 3 aromatic rings. The van der Waals surface area contributed by atoms with Crippen molar-refractivity contribution in [2.45, 2.75) is 32.1 Å². The molecule has 1 amide bonds. The quantitative estimate of drug-likeness (QED) is 0.695. The maximum Gasteiger partial charge on any atom is 0.220 e. The number of nitrogens with one attached hydrogen (secondary N) is 2. The number of para-hydroxylation sites is 1. The van der Waals surface area contributed by atoms with Gasteiger partial charge in [-0.05, 0) is 48.1 Å². The summed E-state index contributed by atoms with van der Waals surface area (Å²) in [7, 11) is 0. The van der Waals surface area contributed by atoms with Crippen LogP contribution >= 0.6 is 0 Å². The number of hydrogen-bond acceptors (Lipinski definition) is 2. The average Bonchev–Trinajstić information content (AvgIpc) is 3.04. The Kier molecular flexibility index (Phi) is 5.26. The van der Waals surface area contributed by atoms with E-state index in [1.807, 2.05) is 30.5 Å². The molecule has 1 atom stereocenters. The zero-order valence-corrected chi connectivity index (χ0v) is 14.0. The molecule has 2 aromatic heterocycles. The molecule has 1 unspecified atom stereocenters. The lowest BCUT2D eigenvalue weighted by Gasteiger charge is -2.14. The van der Waals surface area contributed by atoms with Crippen LogP contribution in [0.5, 0.6) is 0 Å². The molecule has 0 spiro atoms. The van der Waals surface area contributed by atoms with Gasteiger partial charge in [-0.2, -0.15) is 0 Å². The van der Waals surface area contributed by atoms with Gasteiger partial charge in [0, 0.05) is 42.5 Å². The number of rotatable bonds is 7. The second kappa shape index (κ2) is 7.77. The maximum atomic E-state index is 12.3. The second-order valence-corrected chi connectivity index (χ2v) is 6.05. The zero-order valence-electron chi connectivity index (χ0n) is 14.0. The number of hydrogen-bond donors (Lipinski definition) is 2. The summed E-state index contributed by atoms with van der Waals surface area (Å²) < 4.78 is 0. The van der Waals surface area contributed by atoms with Gasteiger partial charge in [0.2, 0.25) is 5.91 Å². The minimum atomic E-state index is 0.112. The normalized spacial score (nSPS) is 12.2. The molecule has 1 aromatic carbocycles. The second-order valence-electron chi connectivity index (χ2n) is 6.05. The van der Waals surface area contributed by atoms with E-state index in [0.29, 0.717) is 13.0 Å². The number of amides is 1. The van der Waals surface area contributed by atoms with Crippen molar-refractivity contribution in [3.63, 3.8) is 0 Å². The summed E-state index contributed by atoms with van der Waals surface area (Å²) in [5, 5.41) is 4.25. The Balaban J connectivity index is 1.58. The van der Waals surface area contributed by atoms with Gasteiger partial charge in [0.25, 0.3) is 0 Å². The summed E-state index contributed by atoms with van der Waals surface area (Å²) in [6.07, 6.45) is 7.90. The van der Waals surface area contributed by atoms with Gasteiger partial charge in [0.15, 0.2) is 0 Å². The van der Waals surface area contributed by atoms with E-state index in [1.165, 1.54) is 16.5 Å². The topological polar surface area (TPSA) is 57.8 Å². The van der Waals surface area contributed by atoms with E-state index >= 15 is 0 Å². The summed E-state index contributed by atoms with van der Waals surface area (Å²) in [4.78, 5) is 19.6. The van der Waals surface area contributed by atoms with Crippen molar-refractivity contribution in [2.24, 2.45) is 0 Å². The molecule has 4 heteroatoms. The van der Waals surface area contributed by atoms with Crippen molar-refractivity contribution in [3.05, 3.63) is 66.1 Å². The Morgan fingerprint density at radius 1 is 1.21 bits per heavy atom. The fraction of sp³-hybridized carbons (Fsp3) is 0.300. The minimum Gasteiger partial charge on any atom is -0.361 e.